The van der Waals surface area contributed by atoms with Gasteiger partial charge in [-0.25, -0.2) is 0 Å². The molecular weight excluding hydrogens is 354 g/mol. The first kappa shape index (κ1) is 21.6. The molecular formula is C22H31N3O3. The van der Waals surface area contributed by atoms with E-state index in [0.717, 1.165) is 39.7 Å². The van der Waals surface area contributed by atoms with Gasteiger partial charge in [-0.1, -0.05) is 24.3 Å². The Labute approximate surface area is 167 Å². The molecule has 0 aromatic heterocycles. The van der Waals surface area contributed by atoms with E-state index in [4.69, 9.17) is 14.2 Å². The van der Waals surface area contributed by atoms with E-state index in [-0.39, 0.29) is 0 Å². The zero-order valence-corrected chi connectivity index (χ0v) is 17.5. The Balaban J connectivity index is 1.95. The van der Waals surface area contributed by atoms with Crippen LogP contribution in [0.1, 0.15) is 22.3 Å². The van der Waals surface area contributed by atoms with Crippen molar-refractivity contribution in [1.29, 1.82) is 0 Å². The van der Waals surface area contributed by atoms with Gasteiger partial charge < -0.3 is 24.8 Å². The summed E-state index contributed by atoms with van der Waals surface area (Å²) in [4.78, 5) is 4.30. The summed E-state index contributed by atoms with van der Waals surface area (Å²) in [5.74, 6) is 2.48. The highest BCUT2D eigenvalue weighted by Crippen LogP contribution is 2.21. The van der Waals surface area contributed by atoms with Crippen LogP contribution in [0.3, 0.4) is 0 Å². The van der Waals surface area contributed by atoms with Gasteiger partial charge in [0, 0.05) is 32.8 Å². The Hall–Kier alpha value is -2.73. The van der Waals surface area contributed by atoms with Gasteiger partial charge in [-0.3, -0.25) is 4.99 Å². The standard InChI is InChI=1S/C22H31N3O3/c1-16-6-9-19(21(12-16)28-11-10-26-4)15-25-22(23-3)24-14-18-8-7-17(2)20(13-18)27-5/h6-9,12-13H,10-11,14-15H2,1-5H3,(H2,23,24,25). The lowest BCUT2D eigenvalue weighted by Gasteiger charge is -2.16. The molecule has 0 saturated heterocycles. The predicted octanol–water partition coefficient (Wildman–Crippen LogP) is 3.20. The van der Waals surface area contributed by atoms with Crippen molar-refractivity contribution >= 4 is 5.96 Å². The lowest BCUT2D eigenvalue weighted by Crippen LogP contribution is -2.36. The number of rotatable bonds is 9. The molecule has 0 amide bonds. The summed E-state index contributed by atoms with van der Waals surface area (Å²) in [6.45, 7) is 6.43. The molecule has 0 unspecified atom stereocenters. The predicted molar refractivity (Wildman–Crippen MR) is 113 cm³/mol. The van der Waals surface area contributed by atoms with Crippen LogP contribution < -0.4 is 20.1 Å². The van der Waals surface area contributed by atoms with Crippen molar-refractivity contribution < 1.29 is 14.2 Å². The Morgan fingerprint density at radius 1 is 0.929 bits per heavy atom. The molecule has 6 heteroatoms. The van der Waals surface area contributed by atoms with E-state index in [1.165, 1.54) is 0 Å². The number of guanidine groups is 1. The van der Waals surface area contributed by atoms with E-state index in [1.54, 1.807) is 21.3 Å². The third kappa shape index (κ3) is 6.46. The number of hydrogen-bond acceptors (Lipinski definition) is 4. The summed E-state index contributed by atoms with van der Waals surface area (Å²) in [6, 6.07) is 12.4. The fourth-order valence-corrected chi connectivity index (χ4v) is 2.74. The second-order valence-electron chi connectivity index (χ2n) is 6.54. The Morgan fingerprint density at radius 3 is 2.43 bits per heavy atom. The van der Waals surface area contributed by atoms with Gasteiger partial charge in [-0.2, -0.15) is 0 Å². The molecule has 0 aliphatic carbocycles. The average molecular weight is 386 g/mol. The summed E-state index contributed by atoms with van der Waals surface area (Å²) in [5.41, 5.74) is 4.48. The van der Waals surface area contributed by atoms with Crippen molar-refractivity contribution in [2.75, 3.05) is 34.5 Å². The molecule has 28 heavy (non-hydrogen) atoms. The number of benzene rings is 2. The van der Waals surface area contributed by atoms with Gasteiger partial charge in [0.05, 0.1) is 13.7 Å². The number of aliphatic imine (C=N–C) groups is 1. The molecule has 6 nitrogen and oxygen atoms in total. The van der Waals surface area contributed by atoms with E-state index in [9.17, 15) is 0 Å². The van der Waals surface area contributed by atoms with Gasteiger partial charge in [0.2, 0.25) is 0 Å². The lowest BCUT2D eigenvalue weighted by molar-refractivity contribution is 0.145. The average Bonchev–Trinajstić information content (AvgIpc) is 2.70. The minimum absolute atomic E-state index is 0.523. The topological polar surface area (TPSA) is 64.1 Å². The van der Waals surface area contributed by atoms with Crippen LogP contribution in [-0.2, 0) is 17.8 Å². The van der Waals surface area contributed by atoms with Crippen molar-refractivity contribution in [3.63, 3.8) is 0 Å². The molecule has 0 bridgehead atoms. The Kier molecular flexibility index (Phi) is 8.62. The molecule has 0 radical (unpaired) electrons. The van der Waals surface area contributed by atoms with Gasteiger partial charge in [0.15, 0.2) is 5.96 Å². The first-order valence-corrected chi connectivity index (χ1v) is 9.36. The van der Waals surface area contributed by atoms with E-state index < -0.39 is 0 Å². The number of hydrogen-bond donors (Lipinski definition) is 2. The van der Waals surface area contributed by atoms with Crippen LogP contribution in [0.25, 0.3) is 0 Å². The highest BCUT2D eigenvalue weighted by molar-refractivity contribution is 5.79. The van der Waals surface area contributed by atoms with Gasteiger partial charge >= 0.3 is 0 Å². The van der Waals surface area contributed by atoms with Crippen LogP contribution in [0, 0.1) is 13.8 Å². The van der Waals surface area contributed by atoms with Crippen LogP contribution in [0.4, 0.5) is 0 Å². The summed E-state index contributed by atoms with van der Waals surface area (Å²) in [5, 5.41) is 6.68. The van der Waals surface area contributed by atoms with Gasteiger partial charge in [0.25, 0.3) is 0 Å². The fourth-order valence-electron chi connectivity index (χ4n) is 2.74. The molecule has 2 aromatic rings. The molecule has 0 aliphatic heterocycles. The third-order valence-corrected chi connectivity index (χ3v) is 4.37. The molecule has 0 aliphatic rings. The zero-order chi connectivity index (χ0) is 20.4. The molecule has 0 fully saturated rings. The zero-order valence-electron chi connectivity index (χ0n) is 17.5. The van der Waals surface area contributed by atoms with Crippen LogP contribution in [0.15, 0.2) is 41.4 Å². The van der Waals surface area contributed by atoms with Gasteiger partial charge in [0.1, 0.15) is 18.1 Å². The van der Waals surface area contributed by atoms with Crippen molar-refractivity contribution in [3.8, 4) is 11.5 Å². The van der Waals surface area contributed by atoms with Crippen molar-refractivity contribution in [3.05, 3.63) is 58.7 Å². The number of aryl methyl sites for hydroxylation is 2. The second-order valence-corrected chi connectivity index (χ2v) is 6.54. The number of methoxy groups -OCH3 is 2. The molecule has 152 valence electrons. The van der Waals surface area contributed by atoms with Gasteiger partial charge in [-0.15, -0.1) is 0 Å². The van der Waals surface area contributed by atoms with Gasteiger partial charge in [-0.05, 0) is 42.7 Å². The Bertz CT molecular complexity index is 791. The van der Waals surface area contributed by atoms with Crippen molar-refractivity contribution in [2.24, 2.45) is 4.99 Å². The first-order valence-electron chi connectivity index (χ1n) is 9.36. The third-order valence-electron chi connectivity index (χ3n) is 4.37. The SMILES string of the molecule is CN=C(NCc1ccc(C)c(OC)c1)NCc1ccc(C)cc1OCCOC. The monoisotopic (exact) mass is 385 g/mol. The molecule has 0 spiro atoms. The largest absolute Gasteiger partial charge is 0.496 e. The van der Waals surface area contributed by atoms with Crippen LogP contribution >= 0.6 is 0 Å². The maximum absolute atomic E-state index is 5.85. The Morgan fingerprint density at radius 2 is 1.71 bits per heavy atom. The van der Waals surface area contributed by atoms with E-state index >= 15 is 0 Å². The first-order chi connectivity index (χ1) is 13.6. The number of nitrogens with zero attached hydrogens (tertiary/aromatic N) is 1. The quantitative estimate of drug-likeness (QED) is 0.394. The van der Waals surface area contributed by atoms with Crippen LogP contribution in [0.5, 0.6) is 11.5 Å². The minimum Gasteiger partial charge on any atom is -0.496 e. The summed E-state index contributed by atoms with van der Waals surface area (Å²) in [7, 11) is 5.12. The van der Waals surface area contributed by atoms with Crippen LogP contribution in [0.2, 0.25) is 0 Å². The lowest BCUT2D eigenvalue weighted by atomic mass is 10.1. The normalized spacial score (nSPS) is 11.2. The van der Waals surface area contributed by atoms with E-state index in [2.05, 4.69) is 46.8 Å². The summed E-state index contributed by atoms with van der Waals surface area (Å²) in [6.07, 6.45) is 0. The molecule has 2 rings (SSSR count). The second kappa shape index (κ2) is 11.2. The molecule has 0 heterocycles. The smallest absolute Gasteiger partial charge is 0.191 e. The summed E-state index contributed by atoms with van der Waals surface area (Å²) >= 11 is 0. The van der Waals surface area contributed by atoms with Crippen LogP contribution in [-0.4, -0.2) is 40.4 Å². The number of nitrogens with one attached hydrogen (secondary N) is 2. The fraction of sp³-hybridized carbons (Fsp3) is 0.409. The molecule has 0 saturated carbocycles. The highest BCUT2D eigenvalue weighted by Gasteiger charge is 2.07. The highest BCUT2D eigenvalue weighted by atomic mass is 16.5. The molecule has 2 aromatic carbocycles. The summed E-state index contributed by atoms with van der Waals surface area (Å²) < 4.78 is 16.3. The maximum atomic E-state index is 5.85. The maximum Gasteiger partial charge on any atom is 0.191 e. The van der Waals surface area contributed by atoms with Crippen molar-refractivity contribution in [2.45, 2.75) is 26.9 Å². The van der Waals surface area contributed by atoms with E-state index in [0.29, 0.717) is 26.3 Å². The number of ether oxygens (including phenoxy) is 3. The minimum atomic E-state index is 0.523. The molecule has 2 N–H and O–H groups in total. The van der Waals surface area contributed by atoms with E-state index in [1.807, 2.05) is 19.1 Å². The molecule has 0 atom stereocenters. The van der Waals surface area contributed by atoms with Crippen molar-refractivity contribution in [1.82, 2.24) is 10.6 Å².